The first-order valence-electron chi connectivity index (χ1n) is 6.68. The van der Waals surface area contributed by atoms with Crippen molar-refractivity contribution in [3.63, 3.8) is 0 Å². The highest BCUT2D eigenvalue weighted by molar-refractivity contribution is 7.90. The first-order chi connectivity index (χ1) is 10.6. The van der Waals surface area contributed by atoms with E-state index in [2.05, 4.69) is 4.72 Å². The second-order valence-electron chi connectivity index (χ2n) is 5.11. The second-order valence-corrected chi connectivity index (χ2v) is 9.22. The summed E-state index contributed by atoms with van der Waals surface area (Å²) >= 11 is 5.92. The lowest BCUT2D eigenvalue weighted by molar-refractivity contribution is 0.566. The van der Waals surface area contributed by atoms with Crippen LogP contribution in [0.3, 0.4) is 0 Å². The minimum atomic E-state index is -3.78. The molecule has 2 rings (SSSR count). The SMILES string of the molecule is CC(NS(=O)(=O)c1ccccc1Cl)c1ccc(S(C)(=O)=O)cc1. The fraction of sp³-hybridized carbons (Fsp3) is 0.200. The van der Waals surface area contributed by atoms with E-state index in [9.17, 15) is 16.8 Å². The predicted molar refractivity (Wildman–Crippen MR) is 89.7 cm³/mol. The molecule has 8 heteroatoms. The third-order valence-electron chi connectivity index (χ3n) is 3.27. The van der Waals surface area contributed by atoms with Gasteiger partial charge in [-0.15, -0.1) is 0 Å². The van der Waals surface area contributed by atoms with Gasteiger partial charge in [0, 0.05) is 12.3 Å². The molecule has 0 aliphatic heterocycles. The Balaban J connectivity index is 2.25. The maximum absolute atomic E-state index is 12.4. The molecule has 0 heterocycles. The van der Waals surface area contributed by atoms with E-state index in [0.717, 1.165) is 6.26 Å². The van der Waals surface area contributed by atoms with E-state index >= 15 is 0 Å². The van der Waals surface area contributed by atoms with Crippen LogP contribution in [-0.2, 0) is 19.9 Å². The number of hydrogen-bond acceptors (Lipinski definition) is 4. The molecular weight excluding hydrogens is 358 g/mol. The quantitative estimate of drug-likeness (QED) is 0.873. The van der Waals surface area contributed by atoms with Crippen molar-refractivity contribution in [3.8, 4) is 0 Å². The minimum Gasteiger partial charge on any atom is -0.224 e. The molecule has 0 bridgehead atoms. The Morgan fingerprint density at radius 3 is 2.04 bits per heavy atom. The molecule has 0 saturated carbocycles. The van der Waals surface area contributed by atoms with Crippen LogP contribution in [0, 0.1) is 0 Å². The maximum Gasteiger partial charge on any atom is 0.242 e. The summed E-state index contributed by atoms with van der Waals surface area (Å²) in [4.78, 5) is 0.184. The Hall–Kier alpha value is -1.41. The molecule has 23 heavy (non-hydrogen) atoms. The zero-order chi connectivity index (χ0) is 17.3. The molecule has 124 valence electrons. The van der Waals surface area contributed by atoms with E-state index in [-0.39, 0.29) is 14.8 Å². The van der Waals surface area contributed by atoms with Gasteiger partial charge in [-0.1, -0.05) is 35.9 Å². The Morgan fingerprint density at radius 2 is 1.52 bits per heavy atom. The Bertz CT molecular complexity index is 907. The topological polar surface area (TPSA) is 80.3 Å². The summed E-state index contributed by atoms with van der Waals surface area (Å²) in [5.74, 6) is 0. The molecule has 1 atom stereocenters. The van der Waals surface area contributed by atoms with Crippen LogP contribution in [0.1, 0.15) is 18.5 Å². The number of nitrogens with one attached hydrogen (secondary N) is 1. The largest absolute Gasteiger partial charge is 0.242 e. The molecule has 0 aromatic heterocycles. The van der Waals surface area contributed by atoms with E-state index in [4.69, 9.17) is 11.6 Å². The Kier molecular flexibility index (Phi) is 5.15. The van der Waals surface area contributed by atoms with Crippen LogP contribution >= 0.6 is 11.6 Å². The van der Waals surface area contributed by atoms with Gasteiger partial charge >= 0.3 is 0 Å². The Morgan fingerprint density at radius 1 is 0.957 bits per heavy atom. The van der Waals surface area contributed by atoms with Crippen LogP contribution in [0.4, 0.5) is 0 Å². The summed E-state index contributed by atoms with van der Waals surface area (Å²) in [5, 5.41) is 0.139. The van der Waals surface area contributed by atoms with Gasteiger partial charge in [-0.3, -0.25) is 0 Å². The Labute approximate surface area is 141 Å². The van der Waals surface area contributed by atoms with Crippen molar-refractivity contribution in [2.24, 2.45) is 0 Å². The van der Waals surface area contributed by atoms with Gasteiger partial charge in [-0.05, 0) is 36.8 Å². The summed E-state index contributed by atoms with van der Waals surface area (Å²) < 4.78 is 50.1. The van der Waals surface area contributed by atoms with E-state index in [1.165, 1.54) is 24.3 Å². The fourth-order valence-corrected chi connectivity index (χ4v) is 4.41. The van der Waals surface area contributed by atoms with Crippen molar-refractivity contribution in [1.29, 1.82) is 0 Å². The number of benzene rings is 2. The standard InChI is InChI=1S/C15H16ClNO4S2/c1-11(12-7-9-13(10-8-12)22(2,18)19)17-23(20,21)15-6-4-3-5-14(15)16/h3-11,17H,1-2H3. The summed E-state index contributed by atoms with van der Waals surface area (Å²) in [6.07, 6.45) is 1.12. The second kappa shape index (κ2) is 6.60. The molecule has 0 aliphatic carbocycles. The number of rotatable bonds is 5. The molecule has 2 aromatic rings. The van der Waals surface area contributed by atoms with Crippen LogP contribution in [-0.4, -0.2) is 23.1 Å². The van der Waals surface area contributed by atoms with E-state index in [1.54, 1.807) is 31.2 Å². The molecule has 0 amide bonds. The summed E-state index contributed by atoms with van der Waals surface area (Å²) in [5.41, 5.74) is 0.646. The monoisotopic (exact) mass is 373 g/mol. The smallest absolute Gasteiger partial charge is 0.224 e. The van der Waals surface area contributed by atoms with E-state index < -0.39 is 25.9 Å². The molecule has 0 spiro atoms. The van der Waals surface area contributed by atoms with Gasteiger partial charge in [-0.2, -0.15) is 0 Å². The predicted octanol–water partition coefficient (Wildman–Crippen LogP) is 2.78. The number of hydrogen-bond donors (Lipinski definition) is 1. The molecule has 0 fully saturated rings. The van der Waals surface area contributed by atoms with E-state index in [1.807, 2.05) is 0 Å². The van der Waals surface area contributed by atoms with Gasteiger partial charge in [-0.25, -0.2) is 21.6 Å². The lowest BCUT2D eigenvalue weighted by atomic mass is 10.1. The minimum absolute atomic E-state index is 0.00118. The molecule has 0 radical (unpaired) electrons. The summed E-state index contributed by atoms with van der Waals surface area (Å²) in [7, 11) is -7.06. The van der Waals surface area contributed by atoms with Gasteiger partial charge in [0.1, 0.15) is 4.90 Å². The molecule has 1 unspecified atom stereocenters. The third kappa shape index (κ3) is 4.32. The highest BCUT2D eigenvalue weighted by atomic mass is 35.5. The zero-order valence-corrected chi connectivity index (χ0v) is 14.9. The van der Waals surface area contributed by atoms with Crippen molar-refractivity contribution >= 4 is 31.5 Å². The number of sulfonamides is 1. The van der Waals surface area contributed by atoms with Crippen LogP contribution in [0.25, 0.3) is 0 Å². The van der Waals surface area contributed by atoms with Gasteiger partial charge in [0.25, 0.3) is 0 Å². The third-order valence-corrected chi connectivity index (χ3v) is 6.44. The van der Waals surface area contributed by atoms with Crippen molar-refractivity contribution < 1.29 is 16.8 Å². The van der Waals surface area contributed by atoms with Crippen LogP contribution in [0.15, 0.2) is 58.3 Å². The maximum atomic E-state index is 12.4. The molecular formula is C15H16ClNO4S2. The highest BCUT2D eigenvalue weighted by Crippen LogP contribution is 2.23. The van der Waals surface area contributed by atoms with Crippen molar-refractivity contribution in [3.05, 3.63) is 59.1 Å². The first kappa shape index (κ1) is 17.9. The highest BCUT2D eigenvalue weighted by Gasteiger charge is 2.21. The molecule has 2 aromatic carbocycles. The van der Waals surface area contributed by atoms with Crippen molar-refractivity contribution in [2.45, 2.75) is 22.8 Å². The average molecular weight is 374 g/mol. The lowest BCUT2D eigenvalue weighted by Crippen LogP contribution is -2.27. The van der Waals surface area contributed by atoms with Crippen LogP contribution in [0.5, 0.6) is 0 Å². The van der Waals surface area contributed by atoms with Gasteiger partial charge in [0.05, 0.1) is 9.92 Å². The normalized spacial score (nSPS) is 13.7. The number of halogens is 1. The average Bonchev–Trinajstić information content (AvgIpc) is 2.46. The van der Waals surface area contributed by atoms with Crippen molar-refractivity contribution in [2.75, 3.05) is 6.26 Å². The van der Waals surface area contributed by atoms with Gasteiger partial charge < -0.3 is 0 Å². The summed E-state index contributed by atoms with van der Waals surface area (Å²) in [6.45, 7) is 1.67. The van der Waals surface area contributed by atoms with Crippen molar-refractivity contribution in [1.82, 2.24) is 4.72 Å². The first-order valence-corrected chi connectivity index (χ1v) is 10.4. The molecule has 1 N–H and O–H groups in total. The van der Waals surface area contributed by atoms with Crippen LogP contribution < -0.4 is 4.72 Å². The van der Waals surface area contributed by atoms with Gasteiger partial charge in [0.15, 0.2) is 9.84 Å². The van der Waals surface area contributed by atoms with E-state index in [0.29, 0.717) is 5.56 Å². The fourth-order valence-electron chi connectivity index (χ4n) is 2.03. The summed E-state index contributed by atoms with van der Waals surface area (Å²) in [6, 6.07) is 11.7. The molecule has 5 nitrogen and oxygen atoms in total. The lowest BCUT2D eigenvalue weighted by Gasteiger charge is -2.15. The zero-order valence-electron chi connectivity index (χ0n) is 12.5. The number of sulfone groups is 1. The van der Waals surface area contributed by atoms with Crippen LogP contribution in [0.2, 0.25) is 5.02 Å². The van der Waals surface area contributed by atoms with Gasteiger partial charge in [0.2, 0.25) is 10.0 Å². The molecule has 0 aliphatic rings. The molecule has 0 saturated heterocycles.